The fourth-order valence-corrected chi connectivity index (χ4v) is 2.87. The predicted molar refractivity (Wildman–Crippen MR) is 110 cm³/mol. The van der Waals surface area contributed by atoms with Crippen LogP contribution in [0.1, 0.15) is 28.7 Å². The highest BCUT2D eigenvalue weighted by Crippen LogP contribution is 2.16. The quantitative estimate of drug-likeness (QED) is 0.604. The molecule has 2 aromatic heterocycles. The van der Waals surface area contributed by atoms with Crippen molar-refractivity contribution in [3.05, 3.63) is 84.2 Å². The smallest absolute Gasteiger partial charge is 0.270 e. The number of aromatic nitrogens is 3. The van der Waals surface area contributed by atoms with Crippen LogP contribution in [0.4, 0.5) is 0 Å². The molecule has 1 N–H and O–H groups in total. The maximum Gasteiger partial charge on any atom is 0.270 e. The first kappa shape index (κ1) is 20.4. The number of benzene rings is 1. The second kappa shape index (κ2) is 10.3. The highest BCUT2D eigenvalue weighted by molar-refractivity contribution is 5.92. The van der Waals surface area contributed by atoms with E-state index in [1.54, 1.807) is 43.0 Å². The van der Waals surface area contributed by atoms with Gasteiger partial charge in [0, 0.05) is 37.9 Å². The normalized spacial score (nSPS) is 11.8. The van der Waals surface area contributed by atoms with Crippen LogP contribution >= 0.6 is 0 Å². The number of carbonyl (C=O) groups is 1. The van der Waals surface area contributed by atoms with Crippen molar-refractivity contribution in [2.24, 2.45) is 0 Å². The topological polar surface area (TPSA) is 80.2 Å². The van der Waals surface area contributed by atoms with Gasteiger partial charge in [-0.1, -0.05) is 18.2 Å². The van der Waals surface area contributed by atoms with Gasteiger partial charge in [-0.2, -0.15) is 0 Å². The maximum atomic E-state index is 12.1. The Morgan fingerprint density at radius 3 is 2.76 bits per heavy atom. The average molecular weight is 391 g/mol. The van der Waals surface area contributed by atoms with Gasteiger partial charge in [0.1, 0.15) is 17.5 Å². The lowest BCUT2D eigenvalue weighted by atomic mass is 10.2. The van der Waals surface area contributed by atoms with Gasteiger partial charge in [-0.25, -0.2) is 0 Å². The fourth-order valence-electron chi connectivity index (χ4n) is 2.87. The molecule has 0 aliphatic carbocycles. The minimum absolute atomic E-state index is 0.171. The lowest BCUT2D eigenvalue weighted by molar-refractivity contribution is 0.0927. The molecule has 0 saturated heterocycles. The first-order chi connectivity index (χ1) is 14.1. The van der Waals surface area contributed by atoms with E-state index >= 15 is 0 Å². The van der Waals surface area contributed by atoms with Crippen LogP contribution in [-0.4, -0.2) is 45.5 Å². The standard InChI is InChI=1S/C22H25N5O2/c1-17(13-26-22(28)21-8-3-4-9-25-21)29-20-7-5-6-18(12-20)15-27(2)16-19-14-23-10-11-24-19/h3-12,14,17H,13,15-16H2,1-2H3,(H,26,28)/t17-/m1/s1. The van der Waals surface area contributed by atoms with Gasteiger partial charge in [-0.3, -0.25) is 24.6 Å². The van der Waals surface area contributed by atoms with Crippen molar-refractivity contribution in [3.8, 4) is 5.75 Å². The third-order valence-electron chi connectivity index (χ3n) is 4.18. The van der Waals surface area contributed by atoms with Crippen molar-refractivity contribution in [2.75, 3.05) is 13.6 Å². The Morgan fingerprint density at radius 1 is 1.10 bits per heavy atom. The van der Waals surface area contributed by atoms with Crippen LogP contribution in [0.3, 0.4) is 0 Å². The summed E-state index contributed by atoms with van der Waals surface area (Å²) in [4.78, 5) is 26.7. The van der Waals surface area contributed by atoms with E-state index in [-0.39, 0.29) is 12.0 Å². The van der Waals surface area contributed by atoms with Crippen LogP contribution in [0.2, 0.25) is 0 Å². The first-order valence-electron chi connectivity index (χ1n) is 9.48. The SMILES string of the molecule is C[C@H](CNC(=O)c1ccccn1)Oc1cccc(CN(C)Cc2cnccn2)c1. The van der Waals surface area contributed by atoms with Gasteiger partial charge in [0.05, 0.1) is 12.2 Å². The number of nitrogens with zero attached hydrogens (tertiary/aromatic N) is 4. The van der Waals surface area contributed by atoms with Crippen molar-refractivity contribution < 1.29 is 9.53 Å². The average Bonchev–Trinajstić information content (AvgIpc) is 2.73. The van der Waals surface area contributed by atoms with E-state index in [0.717, 1.165) is 30.1 Å². The van der Waals surface area contributed by atoms with Crippen LogP contribution in [0.5, 0.6) is 5.75 Å². The van der Waals surface area contributed by atoms with E-state index in [2.05, 4.69) is 31.2 Å². The number of pyridine rings is 1. The number of hydrogen-bond acceptors (Lipinski definition) is 6. The third-order valence-corrected chi connectivity index (χ3v) is 4.18. The molecule has 29 heavy (non-hydrogen) atoms. The van der Waals surface area contributed by atoms with Crippen LogP contribution < -0.4 is 10.1 Å². The molecule has 1 atom stereocenters. The third kappa shape index (κ3) is 6.65. The molecular formula is C22H25N5O2. The maximum absolute atomic E-state index is 12.1. The number of hydrogen-bond donors (Lipinski definition) is 1. The van der Waals surface area contributed by atoms with Crippen molar-refractivity contribution >= 4 is 5.91 Å². The van der Waals surface area contributed by atoms with E-state index in [0.29, 0.717) is 12.2 Å². The monoisotopic (exact) mass is 391 g/mol. The van der Waals surface area contributed by atoms with Gasteiger partial charge in [0.15, 0.2) is 0 Å². The minimum Gasteiger partial charge on any atom is -0.489 e. The molecule has 1 amide bonds. The van der Waals surface area contributed by atoms with E-state index in [4.69, 9.17) is 4.74 Å². The zero-order valence-corrected chi connectivity index (χ0v) is 16.7. The van der Waals surface area contributed by atoms with Gasteiger partial charge in [0.25, 0.3) is 5.91 Å². The number of nitrogens with one attached hydrogen (secondary N) is 1. The number of rotatable bonds is 9. The van der Waals surface area contributed by atoms with E-state index in [1.807, 2.05) is 32.2 Å². The second-order valence-electron chi connectivity index (χ2n) is 6.87. The Morgan fingerprint density at radius 2 is 2.00 bits per heavy atom. The Balaban J connectivity index is 1.49. The summed E-state index contributed by atoms with van der Waals surface area (Å²) in [5, 5.41) is 2.85. The summed E-state index contributed by atoms with van der Waals surface area (Å²) >= 11 is 0. The highest BCUT2D eigenvalue weighted by atomic mass is 16.5. The Labute approximate surface area is 170 Å². The zero-order chi connectivity index (χ0) is 20.5. The fraction of sp³-hybridized carbons (Fsp3) is 0.273. The minimum atomic E-state index is -0.208. The van der Waals surface area contributed by atoms with E-state index in [9.17, 15) is 4.79 Å². The molecule has 7 heteroatoms. The van der Waals surface area contributed by atoms with Gasteiger partial charge in [0.2, 0.25) is 0 Å². The molecule has 0 aliphatic rings. The molecule has 0 saturated carbocycles. The van der Waals surface area contributed by atoms with Crippen molar-refractivity contribution in [1.82, 2.24) is 25.2 Å². The number of amides is 1. The molecule has 0 spiro atoms. The Hall–Kier alpha value is -3.32. The summed E-state index contributed by atoms with van der Waals surface area (Å²) in [6, 6.07) is 13.2. The molecule has 0 aliphatic heterocycles. The molecule has 0 bridgehead atoms. The van der Waals surface area contributed by atoms with Crippen molar-refractivity contribution in [1.29, 1.82) is 0 Å². The predicted octanol–water partition coefficient (Wildman–Crippen LogP) is 2.70. The lowest BCUT2D eigenvalue weighted by Gasteiger charge is -2.18. The van der Waals surface area contributed by atoms with Crippen molar-refractivity contribution in [2.45, 2.75) is 26.1 Å². The van der Waals surface area contributed by atoms with Gasteiger partial charge >= 0.3 is 0 Å². The largest absolute Gasteiger partial charge is 0.489 e. The van der Waals surface area contributed by atoms with E-state index < -0.39 is 0 Å². The molecule has 0 fully saturated rings. The Kier molecular flexibility index (Phi) is 7.24. The molecule has 1 aromatic carbocycles. The first-order valence-corrected chi connectivity index (χ1v) is 9.48. The molecule has 3 rings (SSSR count). The highest BCUT2D eigenvalue weighted by Gasteiger charge is 2.10. The zero-order valence-electron chi connectivity index (χ0n) is 16.7. The Bertz CT molecular complexity index is 905. The molecule has 0 unspecified atom stereocenters. The van der Waals surface area contributed by atoms with Crippen LogP contribution in [-0.2, 0) is 13.1 Å². The van der Waals surface area contributed by atoms with Gasteiger partial charge in [-0.15, -0.1) is 0 Å². The molecular weight excluding hydrogens is 366 g/mol. The van der Waals surface area contributed by atoms with Gasteiger partial charge in [-0.05, 0) is 43.8 Å². The summed E-state index contributed by atoms with van der Waals surface area (Å²) in [7, 11) is 2.04. The molecule has 7 nitrogen and oxygen atoms in total. The second-order valence-corrected chi connectivity index (χ2v) is 6.87. The summed E-state index contributed by atoms with van der Waals surface area (Å²) in [6.45, 7) is 3.80. The molecule has 0 radical (unpaired) electrons. The number of ether oxygens (including phenoxy) is 1. The number of carbonyl (C=O) groups excluding carboxylic acids is 1. The van der Waals surface area contributed by atoms with Gasteiger partial charge < -0.3 is 10.1 Å². The molecule has 2 heterocycles. The summed E-state index contributed by atoms with van der Waals surface area (Å²) < 4.78 is 5.97. The summed E-state index contributed by atoms with van der Waals surface area (Å²) in [6.07, 6.45) is 6.57. The summed E-state index contributed by atoms with van der Waals surface area (Å²) in [5.41, 5.74) is 2.46. The molecule has 150 valence electrons. The summed E-state index contributed by atoms with van der Waals surface area (Å²) in [5.74, 6) is 0.565. The lowest BCUT2D eigenvalue weighted by Crippen LogP contribution is -2.34. The van der Waals surface area contributed by atoms with Crippen LogP contribution in [0, 0.1) is 0 Å². The van der Waals surface area contributed by atoms with E-state index in [1.165, 1.54) is 0 Å². The van der Waals surface area contributed by atoms with Crippen LogP contribution in [0.15, 0.2) is 67.3 Å². The van der Waals surface area contributed by atoms with Crippen LogP contribution in [0.25, 0.3) is 0 Å². The molecule has 3 aromatic rings. The van der Waals surface area contributed by atoms with Crippen molar-refractivity contribution in [3.63, 3.8) is 0 Å².